The molecule has 0 amide bonds. The lowest BCUT2D eigenvalue weighted by molar-refractivity contribution is -0.0243. The van der Waals surface area contributed by atoms with Crippen molar-refractivity contribution in [1.29, 1.82) is 0 Å². The van der Waals surface area contributed by atoms with Gasteiger partial charge in [-0.15, -0.1) is 22.7 Å². The van der Waals surface area contributed by atoms with Crippen LogP contribution in [0.2, 0.25) is 0 Å². The fourth-order valence-electron chi connectivity index (χ4n) is 21.0. The Hall–Kier alpha value is -2.21. The molecule has 0 spiro atoms. The van der Waals surface area contributed by atoms with Gasteiger partial charge in [0, 0.05) is 79.9 Å². The number of nitrogens with one attached hydrogen (secondary N) is 4. The van der Waals surface area contributed by atoms with Gasteiger partial charge in [-0.3, -0.25) is 4.99 Å². The van der Waals surface area contributed by atoms with Crippen LogP contribution in [0.3, 0.4) is 0 Å². The van der Waals surface area contributed by atoms with Crippen molar-refractivity contribution in [3.8, 4) is 0 Å². The van der Waals surface area contributed by atoms with Crippen LogP contribution in [0.4, 0.5) is 0 Å². The van der Waals surface area contributed by atoms with E-state index >= 15 is 0 Å². The zero-order chi connectivity index (χ0) is 49.5. The summed E-state index contributed by atoms with van der Waals surface area (Å²) in [5, 5.41) is 19.7. The highest BCUT2D eigenvalue weighted by Gasteiger charge is 2.54. The lowest BCUT2D eigenvalue weighted by Gasteiger charge is -2.57. The molecular formula is C63H93N7OS2. The number of aliphatic imine (C=N–C) groups is 1. The van der Waals surface area contributed by atoms with E-state index in [9.17, 15) is 0 Å². The molecule has 16 saturated carbocycles. The van der Waals surface area contributed by atoms with Crippen molar-refractivity contribution in [2.45, 2.75) is 236 Å². The molecule has 1 unspecified atom stereocenters. The second kappa shape index (κ2) is 20.2. The Morgan fingerprint density at radius 3 is 1.26 bits per heavy atom. The molecule has 10 heteroatoms. The van der Waals surface area contributed by atoms with Crippen molar-refractivity contribution < 1.29 is 4.52 Å². The van der Waals surface area contributed by atoms with Gasteiger partial charge in [0.15, 0.2) is 5.82 Å². The maximum atomic E-state index is 5.03. The monoisotopic (exact) mass is 1030 g/mol. The van der Waals surface area contributed by atoms with Crippen LogP contribution in [0.15, 0.2) is 45.6 Å². The maximum Gasteiger partial charge on any atom is 0.223 e. The third kappa shape index (κ3) is 11.3. The largest absolute Gasteiger partial charge is 0.340 e. The third-order valence-corrected chi connectivity index (χ3v) is 24.3. The van der Waals surface area contributed by atoms with Gasteiger partial charge in [-0.25, -0.2) is 0 Å². The average Bonchev–Trinajstić information content (AvgIpc) is 4.15. The molecule has 16 aliphatic carbocycles. The van der Waals surface area contributed by atoms with E-state index in [4.69, 9.17) is 4.52 Å². The zero-order valence-corrected chi connectivity index (χ0v) is 47.4. The highest BCUT2D eigenvalue weighted by atomic mass is 32.1. The number of rotatable bonds is 12. The first-order valence-electron chi connectivity index (χ1n) is 30.4. The van der Waals surface area contributed by atoms with Crippen LogP contribution in [0.1, 0.15) is 212 Å². The van der Waals surface area contributed by atoms with Gasteiger partial charge in [0.1, 0.15) is 0 Å². The van der Waals surface area contributed by atoms with Crippen molar-refractivity contribution in [3.63, 3.8) is 0 Å². The lowest BCUT2D eigenvalue weighted by atomic mass is 9.53. The quantitative estimate of drug-likeness (QED) is 0.143. The maximum absolute atomic E-state index is 5.03. The molecule has 16 bridgehead atoms. The molecule has 4 N–H and O–H groups in total. The third-order valence-electron chi connectivity index (χ3n) is 22.1. The van der Waals surface area contributed by atoms with Crippen molar-refractivity contribution >= 4 is 28.4 Å². The van der Waals surface area contributed by atoms with Gasteiger partial charge in [-0.2, -0.15) is 4.98 Å². The number of nitrogens with zero attached hydrogens (tertiary/aromatic N) is 3. The molecule has 1 atom stereocenters. The molecule has 0 radical (unpaired) electrons. The minimum atomic E-state index is 0.392. The summed E-state index contributed by atoms with van der Waals surface area (Å²) in [4.78, 5) is 14.8. The SMILES string of the molecule is CC1=NC(CNC23CC4CC(CC(C4)C2)C3)=CC1.Cc1ccc(C(C)NC23CC4CC(CC(C4)C2)C3)s1.Cc1ccc(CNC23CC4CC(CC(C4)C2)C3)s1.Cc1nc(CNC23CC4CC(CC(C4)C2)C3)no1. The van der Waals surface area contributed by atoms with Crippen LogP contribution < -0.4 is 21.3 Å². The number of thiophene rings is 2. The van der Waals surface area contributed by atoms with E-state index in [-0.39, 0.29) is 0 Å². The van der Waals surface area contributed by atoms with Gasteiger partial charge in [-0.05, 0) is 277 Å². The fraction of sp³-hybridized carbons (Fsp3) is 0.794. The van der Waals surface area contributed by atoms with Crippen LogP contribution >= 0.6 is 22.7 Å². The van der Waals surface area contributed by atoms with E-state index in [1.54, 1.807) is 0 Å². The standard InChI is InChI=1S/C17H25NS.C16H24N2.C16H23NS.C14H21N3O/c1-11-3-4-16(19-11)12(2)18-17-8-13-5-14(9-17)7-15(6-13)10-17;2*1-11-2-3-15(18-11)10-17-16-7-12-4-13(8-16)6-14(5-12)9-16;1-9-16-13(17-18-9)8-15-14-5-10-2-11(6-14)4-12(3-10)7-14/h3-4,12-15,18H,5-10H2,1-2H3;3,12-14,17H,2,4-10H2,1H3;2-3,12-14,17H,4-10H2,1H3;10-12,15H,2-8H2,1H3. The molecule has 0 aromatic carbocycles. The summed E-state index contributed by atoms with van der Waals surface area (Å²) in [6.45, 7) is 13.6. The molecular weight excluding hydrogens is 935 g/mol. The molecule has 8 nitrogen and oxygen atoms in total. The molecule has 73 heavy (non-hydrogen) atoms. The van der Waals surface area contributed by atoms with Gasteiger partial charge in [-0.1, -0.05) is 11.2 Å². The van der Waals surface area contributed by atoms with E-state index in [2.05, 4.69) is 94.4 Å². The average molecular weight is 1030 g/mol. The molecule has 398 valence electrons. The molecule has 1 aliphatic heterocycles. The fourth-order valence-corrected chi connectivity index (χ4v) is 22.7. The smallest absolute Gasteiger partial charge is 0.223 e. The molecule has 4 heterocycles. The van der Waals surface area contributed by atoms with Gasteiger partial charge in [0.2, 0.25) is 5.89 Å². The Kier molecular flexibility index (Phi) is 13.9. The van der Waals surface area contributed by atoms with E-state index in [1.165, 1.54) is 185 Å². The Balaban J connectivity index is 0.0000000943. The minimum Gasteiger partial charge on any atom is -0.340 e. The molecule has 3 aromatic rings. The number of hydrogen-bond donors (Lipinski definition) is 4. The van der Waals surface area contributed by atoms with Crippen molar-refractivity contribution in [2.24, 2.45) is 76.0 Å². The second-order valence-corrected chi connectivity index (χ2v) is 31.3. The van der Waals surface area contributed by atoms with Crippen LogP contribution in [-0.2, 0) is 13.1 Å². The summed E-state index contributed by atoms with van der Waals surface area (Å²) in [6.07, 6.45) is 38.8. The number of allylic oxidation sites excluding steroid dienone is 1. The summed E-state index contributed by atoms with van der Waals surface area (Å²) < 4.78 is 5.03. The normalized spacial score (nSPS) is 42.5. The second-order valence-electron chi connectivity index (χ2n) is 28.7. The minimum absolute atomic E-state index is 0.392. The zero-order valence-electron chi connectivity index (χ0n) is 45.8. The summed E-state index contributed by atoms with van der Waals surface area (Å²) in [5.74, 6) is 13.8. The summed E-state index contributed by atoms with van der Waals surface area (Å²) >= 11 is 3.92. The van der Waals surface area contributed by atoms with Crippen molar-refractivity contribution in [3.05, 3.63) is 67.3 Å². The summed E-state index contributed by atoms with van der Waals surface area (Å²) in [5.41, 5.74) is 4.45. The first-order chi connectivity index (χ1) is 35.2. The molecule has 3 aromatic heterocycles. The van der Waals surface area contributed by atoms with Crippen molar-refractivity contribution in [2.75, 3.05) is 6.54 Å². The molecule has 0 saturated heterocycles. The van der Waals surface area contributed by atoms with Gasteiger partial charge < -0.3 is 25.8 Å². The molecule has 16 fully saturated rings. The van der Waals surface area contributed by atoms with E-state index < -0.39 is 0 Å². The number of aromatic nitrogens is 2. The number of aryl methyl sites for hydroxylation is 3. The van der Waals surface area contributed by atoms with E-state index in [0.29, 0.717) is 34.1 Å². The topological polar surface area (TPSA) is 99.4 Å². The summed E-state index contributed by atoms with van der Waals surface area (Å²) in [7, 11) is 0. The lowest BCUT2D eigenvalue weighted by Crippen LogP contribution is -2.58. The van der Waals surface area contributed by atoms with Crippen LogP contribution in [-0.4, -0.2) is 44.6 Å². The first-order valence-corrected chi connectivity index (χ1v) is 32.0. The van der Waals surface area contributed by atoms with Gasteiger partial charge in [0.25, 0.3) is 0 Å². The summed E-state index contributed by atoms with van der Waals surface area (Å²) in [6, 6.07) is 9.67. The first kappa shape index (κ1) is 50.3. The number of hydrogen-bond acceptors (Lipinski definition) is 10. The van der Waals surface area contributed by atoms with Crippen molar-refractivity contribution in [1.82, 2.24) is 31.4 Å². The highest BCUT2D eigenvalue weighted by Crippen LogP contribution is 2.59. The van der Waals surface area contributed by atoms with Crippen LogP contribution in [0, 0.1) is 91.8 Å². The predicted molar refractivity (Wildman–Crippen MR) is 300 cm³/mol. The van der Waals surface area contributed by atoms with Gasteiger partial charge in [0.05, 0.1) is 12.2 Å². The Bertz CT molecular complexity index is 2250. The van der Waals surface area contributed by atoms with E-state index in [1.807, 2.05) is 29.6 Å². The van der Waals surface area contributed by atoms with E-state index in [0.717, 1.165) is 103 Å². The molecule has 17 aliphatic rings. The van der Waals surface area contributed by atoms with Gasteiger partial charge >= 0.3 is 0 Å². The highest BCUT2D eigenvalue weighted by molar-refractivity contribution is 7.12. The Labute approximate surface area is 448 Å². The van der Waals surface area contributed by atoms with Crippen LogP contribution in [0.5, 0.6) is 0 Å². The predicted octanol–water partition coefficient (Wildman–Crippen LogP) is 14.5. The van der Waals surface area contributed by atoms with Crippen LogP contribution in [0.25, 0.3) is 0 Å². The Morgan fingerprint density at radius 2 is 0.904 bits per heavy atom. The molecule has 20 rings (SSSR count). The Morgan fingerprint density at radius 1 is 0.507 bits per heavy atom.